The first kappa shape index (κ1) is 25.5. The molecule has 0 spiro atoms. The molecule has 1 atom stereocenters. The third-order valence-electron chi connectivity index (χ3n) is 4.64. The van der Waals surface area contributed by atoms with E-state index in [1.165, 1.54) is 11.1 Å². The first-order valence-corrected chi connectivity index (χ1v) is 11.0. The van der Waals surface area contributed by atoms with Gasteiger partial charge >= 0.3 is 0 Å². The lowest BCUT2D eigenvalue weighted by atomic mass is 10.1. The van der Waals surface area contributed by atoms with E-state index in [1.807, 2.05) is 14.0 Å². The fraction of sp³-hybridized carbons (Fsp3) is 0.667. The number of nitrogens with zero attached hydrogens (tertiary/aromatic N) is 2. The lowest BCUT2D eigenvalue weighted by Crippen LogP contribution is -2.48. The molecule has 1 fully saturated rings. The Morgan fingerprint density at radius 3 is 2.75 bits per heavy atom. The third-order valence-corrected chi connectivity index (χ3v) is 6.18. The van der Waals surface area contributed by atoms with Crippen LogP contribution in [0, 0.1) is 5.92 Å². The van der Waals surface area contributed by atoms with Crippen LogP contribution in [0.15, 0.2) is 29.3 Å². The number of nitrogens with one attached hydrogen (secondary N) is 1. The van der Waals surface area contributed by atoms with Crippen molar-refractivity contribution in [1.29, 1.82) is 0 Å². The van der Waals surface area contributed by atoms with Gasteiger partial charge < -0.3 is 19.7 Å². The monoisotopic (exact) mass is 521 g/mol. The largest absolute Gasteiger partial charge is 0.379 e. The van der Waals surface area contributed by atoms with E-state index in [0.717, 1.165) is 38.0 Å². The smallest absolute Gasteiger partial charge is 0.193 e. The standard InChI is InChI=1S/C21H35N3O2S.HI/c1-5-25-10-11-26-16-19-8-6-7-18(13-19)14-23-21(22-4)24-9-12-27-20(15-24)17(2)3;/h6-8,13,17,20H,5,9-12,14-16H2,1-4H3,(H,22,23);1H. The molecule has 0 saturated carbocycles. The molecule has 28 heavy (non-hydrogen) atoms. The van der Waals surface area contributed by atoms with Gasteiger partial charge in [-0.25, -0.2) is 0 Å². The summed E-state index contributed by atoms with van der Waals surface area (Å²) in [4.78, 5) is 6.90. The SMILES string of the molecule is CCOCCOCc1cccc(CNC(=NC)N2CCSC(C(C)C)C2)c1.I. The molecule has 0 aliphatic carbocycles. The molecule has 160 valence electrons. The molecule has 0 bridgehead atoms. The molecule has 5 nitrogen and oxygen atoms in total. The molecule has 1 aromatic carbocycles. The summed E-state index contributed by atoms with van der Waals surface area (Å²) in [6, 6.07) is 8.54. The van der Waals surface area contributed by atoms with Crippen molar-refractivity contribution < 1.29 is 9.47 Å². The summed E-state index contributed by atoms with van der Waals surface area (Å²) >= 11 is 2.08. The summed E-state index contributed by atoms with van der Waals surface area (Å²) in [5, 5.41) is 4.21. The van der Waals surface area contributed by atoms with Crippen LogP contribution in [-0.2, 0) is 22.6 Å². The number of halogens is 1. The second kappa shape index (κ2) is 14.5. The summed E-state index contributed by atoms with van der Waals surface area (Å²) < 4.78 is 11.0. The van der Waals surface area contributed by atoms with Gasteiger partial charge in [0.25, 0.3) is 0 Å². The maximum absolute atomic E-state index is 5.67. The quantitative estimate of drug-likeness (QED) is 0.230. The van der Waals surface area contributed by atoms with Gasteiger partial charge in [0.05, 0.1) is 19.8 Å². The number of hydrogen-bond acceptors (Lipinski definition) is 4. The molecule has 1 N–H and O–H groups in total. The van der Waals surface area contributed by atoms with E-state index < -0.39 is 0 Å². The summed E-state index contributed by atoms with van der Waals surface area (Å²) in [5.41, 5.74) is 2.43. The number of thioether (sulfide) groups is 1. The summed E-state index contributed by atoms with van der Waals surface area (Å²) in [6.07, 6.45) is 0. The van der Waals surface area contributed by atoms with Crippen molar-refractivity contribution >= 4 is 41.7 Å². The van der Waals surface area contributed by atoms with Crippen LogP contribution in [0.2, 0.25) is 0 Å². The Kier molecular flexibility index (Phi) is 13.2. The van der Waals surface area contributed by atoms with Gasteiger partial charge in [-0.15, -0.1) is 24.0 Å². The van der Waals surface area contributed by atoms with Crippen LogP contribution in [0.3, 0.4) is 0 Å². The molecule has 1 heterocycles. The van der Waals surface area contributed by atoms with Gasteiger partial charge in [0.2, 0.25) is 0 Å². The molecule has 0 amide bonds. The average molecular weight is 522 g/mol. The maximum atomic E-state index is 5.67. The number of benzene rings is 1. The molecule has 0 aromatic heterocycles. The molecular weight excluding hydrogens is 485 g/mol. The minimum absolute atomic E-state index is 0. The zero-order chi connectivity index (χ0) is 19.5. The lowest BCUT2D eigenvalue weighted by Gasteiger charge is -2.36. The predicted molar refractivity (Wildman–Crippen MR) is 131 cm³/mol. The minimum atomic E-state index is 0. The van der Waals surface area contributed by atoms with E-state index in [4.69, 9.17) is 9.47 Å². The van der Waals surface area contributed by atoms with Crippen molar-refractivity contribution in [2.75, 3.05) is 45.7 Å². The van der Waals surface area contributed by atoms with Crippen LogP contribution >= 0.6 is 35.7 Å². The van der Waals surface area contributed by atoms with Gasteiger partial charge in [-0.2, -0.15) is 11.8 Å². The summed E-state index contributed by atoms with van der Waals surface area (Å²) in [7, 11) is 1.87. The molecule has 7 heteroatoms. The lowest BCUT2D eigenvalue weighted by molar-refractivity contribution is 0.0453. The van der Waals surface area contributed by atoms with Crippen LogP contribution in [0.25, 0.3) is 0 Å². The highest BCUT2D eigenvalue weighted by molar-refractivity contribution is 14.0. The van der Waals surface area contributed by atoms with Crippen LogP contribution in [0.4, 0.5) is 0 Å². The maximum Gasteiger partial charge on any atom is 0.193 e. The second-order valence-electron chi connectivity index (χ2n) is 7.07. The zero-order valence-corrected chi connectivity index (χ0v) is 20.8. The summed E-state index contributed by atoms with van der Waals surface area (Å²) in [6.45, 7) is 12.1. The first-order valence-electron chi connectivity index (χ1n) is 9.94. The Hall–Kier alpha value is -0.510. The van der Waals surface area contributed by atoms with Crippen molar-refractivity contribution in [2.24, 2.45) is 10.9 Å². The van der Waals surface area contributed by atoms with Gasteiger partial charge in [0.15, 0.2) is 5.96 Å². The third kappa shape index (κ3) is 8.88. The van der Waals surface area contributed by atoms with E-state index in [9.17, 15) is 0 Å². The van der Waals surface area contributed by atoms with Gasteiger partial charge in [0.1, 0.15) is 0 Å². The molecule has 0 radical (unpaired) electrons. The molecule has 1 aliphatic rings. The van der Waals surface area contributed by atoms with E-state index >= 15 is 0 Å². The van der Waals surface area contributed by atoms with Crippen molar-refractivity contribution in [3.8, 4) is 0 Å². The fourth-order valence-electron chi connectivity index (χ4n) is 3.07. The molecule has 1 aliphatic heterocycles. The highest BCUT2D eigenvalue weighted by Gasteiger charge is 2.24. The average Bonchev–Trinajstić information content (AvgIpc) is 2.69. The zero-order valence-electron chi connectivity index (χ0n) is 17.6. The van der Waals surface area contributed by atoms with Gasteiger partial charge in [-0.05, 0) is 24.0 Å². The Morgan fingerprint density at radius 2 is 2.04 bits per heavy atom. The number of rotatable bonds is 9. The van der Waals surface area contributed by atoms with Crippen molar-refractivity contribution in [2.45, 2.75) is 39.2 Å². The van der Waals surface area contributed by atoms with Gasteiger partial charge in [-0.3, -0.25) is 4.99 Å². The van der Waals surface area contributed by atoms with E-state index in [-0.39, 0.29) is 24.0 Å². The van der Waals surface area contributed by atoms with Crippen LogP contribution < -0.4 is 5.32 Å². The molecular formula is C21H36IN3O2S. The second-order valence-corrected chi connectivity index (χ2v) is 8.42. The highest BCUT2D eigenvalue weighted by Crippen LogP contribution is 2.24. The van der Waals surface area contributed by atoms with Crippen LogP contribution in [0.1, 0.15) is 31.9 Å². The Bertz CT molecular complexity index is 587. The topological polar surface area (TPSA) is 46.1 Å². The van der Waals surface area contributed by atoms with Crippen LogP contribution in [0.5, 0.6) is 0 Å². The van der Waals surface area contributed by atoms with Crippen LogP contribution in [-0.4, -0.2) is 61.8 Å². The summed E-state index contributed by atoms with van der Waals surface area (Å²) in [5.74, 6) is 2.85. The van der Waals surface area contributed by atoms with Crippen molar-refractivity contribution in [3.05, 3.63) is 35.4 Å². The Morgan fingerprint density at radius 1 is 1.29 bits per heavy atom. The predicted octanol–water partition coefficient (Wildman–Crippen LogP) is 4.01. The molecule has 1 aromatic rings. The van der Waals surface area contributed by atoms with E-state index in [1.54, 1.807) is 0 Å². The van der Waals surface area contributed by atoms with Crippen molar-refractivity contribution in [1.82, 2.24) is 10.2 Å². The number of guanidine groups is 1. The number of hydrogen-bond donors (Lipinski definition) is 1. The van der Waals surface area contributed by atoms with Gasteiger partial charge in [-0.1, -0.05) is 38.1 Å². The van der Waals surface area contributed by atoms with Crippen molar-refractivity contribution in [3.63, 3.8) is 0 Å². The Labute approximate surface area is 192 Å². The first-order chi connectivity index (χ1) is 13.1. The molecule has 1 saturated heterocycles. The normalized spacial score (nSPS) is 17.5. The number of aliphatic imine (C=N–C) groups is 1. The molecule has 2 rings (SSSR count). The highest BCUT2D eigenvalue weighted by atomic mass is 127. The number of ether oxygens (including phenoxy) is 2. The van der Waals surface area contributed by atoms with Gasteiger partial charge in [0, 0.05) is 44.3 Å². The minimum Gasteiger partial charge on any atom is -0.379 e. The molecule has 1 unspecified atom stereocenters. The van der Waals surface area contributed by atoms with E-state index in [0.29, 0.717) is 31.0 Å². The fourth-order valence-corrected chi connectivity index (χ4v) is 4.36. The Balaban J connectivity index is 0.00000392. The van der Waals surface area contributed by atoms with E-state index in [2.05, 4.69) is 65.1 Å².